The molecule has 0 fully saturated rings. The minimum absolute atomic E-state index is 0.849. The third-order valence-corrected chi connectivity index (χ3v) is 12.0. The number of nitrogens with zero attached hydrogens (tertiary/aromatic N) is 3. The average molecular weight is 762 g/mol. The molecule has 0 amide bonds. The van der Waals surface area contributed by atoms with Gasteiger partial charge in [-0.1, -0.05) is 188 Å². The van der Waals surface area contributed by atoms with E-state index in [1.165, 1.54) is 32.3 Å². The van der Waals surface area contributed by atoms with Crippen molar-refractivity contribution in [1.82, 2.24) is 15.0 Å². The normalized spacial score (nSPS) is 11.7. The molecule has 12 rings (SSSR count). The van der Waals surface area contributed by atoms with Gasteiger partial charge in [0.15, 0.2) is 0 Å². The third-order valence-electron chi connectivity index (χ3n) is 12.0. The van der Waals surface area contributed by atoms with Gasteiger partial charge in [0.1, 0.15) is 0 Å². The van der Waals surface area contributed by atoms with Gasteiger partial charge in [0.2, 0.25) is 0 Å². The van der Waals surface area contributed by atoms with Crippen molar-refractivity contribution in [2.45, 2.75) is 0 Å². The first-order valence-corrected chi connectivity index (χ1v) is 20.4. The lowest BCUT2D eigenvalue weighted by Gasteiger charge is -2.18. The first-order chi connectivity index (χ1) is 29.8. The Hall–Kier alpha value is -8.01. The molecule has 3 heteroatoms. The summed E-state index contributed by atoms with van der Waals surface area (Å²) in [6.07, 6.45) is 0. The van der Waals surface area contributed by atoms with Crippen LogP contribution in [-0.4, -0.2) is 15.0 Å². The molecule has 2 heterocycles. The molecule has 3 nitrogen and oxygen atoms in total. The highest BCUT2D eigenvalue weighted by molar-refractivity contribution is 6.26. The number of hydrogen-bond donors (Lipinski definition) is 0. The van der Waals surface area contributed by atoms with Gasteiger partial charge in [-0.25, -0.2) is 15.0 Å². The van der Waals surface area contributed by atoms with Gasteiger partial charge >= 0.3 is 0 Å². The molecule has 278 valence electrons. The Bertz CT molecular complexity index is 3600. The van der Waals surface area contributed by atoms with Crippen LogP contribution in [0.15, 0.2) is 212 Å². The van der Waals surface area contributed by atoms with Crippen molar-refractivity contribution in [3.05, 3.63) is 212 Å². The molecule has 0 bridgehead atoms. The zero-order valence-electron chi connectivity index (χ0n) is 32.5. The van der Waals surface area contributed by atoms with E-state index >= 15 is 0 Å². The molecule has 0 radical (unpaired) electrons. The zero-order chi connectivity index (χ0) is 39.6. The summed E-state index contributed by atoms with van der Waals surface area (Å²) in [5, 5.41) is 10.7. The van der Waals surface area contributed by atoms with Crippen molar-refractivity contribution in [1.29, 1.82) is 0 Å². The molecule has 2 aromatic heterocycles. The van der Waals surface area contributed by atoms with Gasteiger partial charge in [-0.15, -0.1) is 0 Å². The highest BCUT2D eigenvalue weighted by Crippen LogP contribution is 2.44. The van der Waals surface area contributed by atoms with Gasteiger partial charge in [0, 0.05) is 38.4 Å². The van der Waals surface area contributed by atoms with Crippen LogP contribution in [0.25, 0.3) is 121 Å². The minimum atomic E-state index is 0.849. The summed E-state index contributed by atoms with van der Waals surface area (Å²) in [7, 11) is 0. The molecule has 10 aromatic carbocycles. The molecule has 0 atom stereocenters. The van der Waals surface area contributed by atoms with Crippen molar-refractivity contribution in [3.63, 3.8) is 0 Å². The molecule has 0 saturated heterocycles. The van der Waals surface area contributed by atoms with Crippen LogP contribution < -0.4 is 0 Å². The Morgan fingerprint density at radius 2 is 0.700 bits per heavy atom. The van der Waals surface area contributed by atoms with Crippen LogP contribution in [0.3, 0.4) is 0 Å². The Morgan fingerprint density at radius 3 is 1.33 bits per heavy atom. The second-order valence-electron chi connectivity index (χ2n) is 15.5. The van der Waals surface area contributed by atoms with E-state index in [9.17, 15) is 0 Å². The predicted molar refractivity (Wildman–Crippen MR) is 252 cm³/mol. The van der Waals surface area contributed by atoms with Crippen molar-refractivity contribution >= 4 is 65.0 Å². The molecule has 0 aliphatic carbocycles. The van der Waals surface area contributed by atoms with Gasteiger partial charge in [-0.2, -0.15) is 0 Å². The van der Waals surface area contributed by atoms with Crippen LogP contribution in [0.1, 0.15) is 0 Å². The zero-order valence-corrected chi connectivity index (χ0v) is 32.5. The molecule has 0 saturated carbocycles. The highest BCUT2D eigenvalue weighted by atomic mass is 14.8. The van der Waals surface area contributed by atoms with Gasteiger partial charge in [0.25, 0.3) is 0 Å². The Morgan fingerprint density at radius 1 is 0.233 bits per heavy atom. The summed E-state index contributed by atoms with van der Waals surface area (Å²) >= 11 is 0. The van der Waals surface area contributed by atoms with Crippen LogP contribution in [0, 0.1) is 0 Å². The van der Waals surface area contributed by atoms with Crippen LogP contribution in [0.2, 0.25) is 0 Å². The summed E-state index contributed by atoms with van der Waals surface area (Å²) < 4.78 is 0. The summed E-state index contributed by atoms with van der Waals surface area (Å²) in [6.45, 7) is 0. The second kappa shape index (κ2) is 13.8. The van der Waals surface area contributed by atoms with E-state index < -0.39 is 0 Å². The molecule has 60 heavy (non-hydrogen) atoms. The maximum absolute atomic E-state index is 5.67. The summed E-state index contributed by atoms with van der Waals surface area (Å²) in [5.41, 5.74) is 12.7. The predicted octanol–water partition coefficient (Wildman–Crippen LogP) is 15.1. The first kappa shape index (κ1) is 34.1. The van der Waals surface area contributed by atoms with Crippen LogP contribution in [-0.2, 0) is 0 Å². The van der Waals surface area contributed by atoms with E-state index in [0.717, 1.165) is 88.7 Å². The molecular weight excluding hydrogens is 727 g/mol. The maximum atomic E-state index is 5.67. The van der Waals surface area contributed by atoms with Crippen molar-refractivity contribution in [3.8, 4) is 56.0 Å². The molecule has 0 N–H and O–H groups in total. The lowest BCUT2D eigenvalue weighted by atomic mass is 9.91. The number of pyridine rings is 1. The summed E-state index contributed by atoms with van der Waals surface area (Å²) in [6, 6.07) is 75.5. The number of rotatable bonds is 5. The fourth-order valence-electron chi connectivity index (χ4n) is 9.22. The largest absolute Gasteiger partial charge is 0.247 e. The van der Waals surface area contributed by atoms with E-state index in [1.807, 2.05) is 12.1 Å². The maximum Gasteiger partial charge on any atom is 0.0987 e. The second-order valence-corrected chi connectivity index (χ2v) is 15.5. The molecule has 12 aromatic rings. The average Bonchev–Trinajstić information content (AvgIpc) is 3.33. The molecule has 0 aliphatic rings. The Kier molecular flexibility index (Phi) is 7.85. The molecule has 0 aliphatic heterocycles. The van der Waals surface area contributed by atoms with E-state index in [0.29, 0.717) is 0 Å². The summed E-state index contributed by atoms with van der Waals surface area (Å²) in [4.78, 5) is 16.7. The SMILES string of the molecule is c1ccc(-c2nc3c(-c4ccccc4)cc4c(-c5cccc(-c6ccc7c8ccccc8c8ccccc8c7c6)c5)nc5ccccc5c4c3nc2-c2ccccc2)cc1. The van der Waals surface area contributed by atoms with Crippen molar-refractivity contribution < 1.29 is 0 Å². The smallest absolute Gasteiger partial charge is 0.0987 e. The van der Waals surface area contributed by atoms with Crippen LogP contribution in [0.5, 0.6) is 0 Å². The standard InChI is InChI=1S/C57H35N3/c1-4-17-36(18-5-1)48-35-50-52(57-56(48)59-54(37-19-6-2-7-20-37)55(60-57)38-21-8-3-9-22-38)47-29-14-15-30-51(47)58-53(50)41-24-16-23-39(33-41)40-31-32-46-44-27-11-10-25-42(44)43-26-12-13-28-45(43)49(46)34-40/h1-35H. The topological polar surface area (TPSA) is 38.7 Å². The number of benzene rings is 10. The number of hydrogen-bond acceptors (Lipinski definition) is 3. The first-order valence-electron chi connectivity index (χ1n) is 20.4. The van der Waals surface area contributed by atoms with Gasteiger partial charge in [-0.05, 0) is 73.3 Å². The monoisotopic (exact) mass is 761 g/mol. The van der Waals surface area contributed by atoms with Crippen molar-refractivity contribution in [2.24, 2.45) is 0 Å². The van der Waals surface area contributed by atoms with E-state index in [-0.39, 0.29) is 0 Å². The minimum Gasteiger partial charge on any atom is -0.247 e. The molecule has 0 unspecified atom stereocenters. The number of fused-ring (bicyclic) bond motifs is 11. The quantitative estimate of drug-likeness (QED) is 0.164. The fourth-order valence-corrected chi connectivity index (χ4v) is 9.22. The van der Waals surface area contributed by atoms with E-state index in [4.69, 9.17) is 15.0 Å². The molecule has 0 spiro atoms. The van der Waals surface area contributed by atoms with Gasteiger partial charge < -0.3 is 0 Å². The van der Waals surface area contributed by atoms with Crippen LogP contribution >= 0.6 is 0 Å². The Balaban J connectivity index is 1.15. The fraction of sp³-hybridized carbons (Fsp3) is 0. The highest BCUT2D eigenvalue weighted by Gasteiger charge is 2.22. The van der Waals surface area contributed by atoms with E-state index in [2.05, 4.69) is 200 Å². The third kappa shape index (κ3) is 5.48. The lowest BCUT2D eigenvalue weighted by molar-refractivity contribution is 1.30. The molecular formula is C57H35N3. The lowest BCUT2D eigenvalue weighted by Crippen LogP contribution is -2.00. The van der Waals surface area contributed by atoms with Gasteiger partial charge in [-0.3, -0.25) is 0 Å². The van der Waals surface area contributed by atoms with Crippen LogP contribution in [0.4, 0.5) is 0 Å². The summed E-state index contributed by atoms with van der Waals surface area (Å²) in [5.74, 6) is 0. The number of para-hydroxylation sites is 1. The Labute approximate surface area is 346 Å². The van der Waals surface area contributed by atoms with E-state index in [1.54, 1.807) is 0 Å². The van der Waals surface area contributed by atoms with Crippen molar-refractivity contribution in [2.75, 3.05) is 0 Å². The number of aromatic nitrogens is 3. The van der Waals surface area contributed by atoms with Gasteiger partial charge in [0.05, 0.1) is 33.6 Å².